The van der Waals surface area contributed by atoms with Crippen molar-refractivity contribution in [1.82, 2.24) is 4.57 Å². The van der Waals surface area contributed by atoms with E-state index in [-0.39, 0.29) is 16.5 Å². The summed E-state index contributed by atoms with van der Waals surface area (Å²) in [7, 11) is -2.39. The number of halogens is 1. The van der Waals surface area contributed by atoms with Gasteiger partial charge in [-0.3, -0.25) is 14.1 Å². The van der Waals surface area contributed by atoms with Gasteiger partial charge in [0.1, 0.15) is 5.75 Å². The zero-order valence-corrected chi connectivity index (χ0v) is 17.6. The molecule has 0 bridgehead atoms. The zero-order chi connectivity index (χ0) is 20.7. The average Bonchev–Trinajstić information content (AvgIpc) is 3.03. The van der Waals surface area contributed by atoms with Crippen molar-refractivity contribution in [2.24, 2.45) is 5.41 Å². The maximum Gasteiger partial charge on any atom is 0.261 e. The van der Waals surface area contributed by atoms with Crippen molar-refractivity contribution in [2.45, 2.75) is 25.7 Å². The quantitative estimate of drug-likeness (QED) is 0.658. The van der Waals surface area contributed by atoms with Gasteiger partial charge in [0.15, 0.2) is 0 Å². The lowest BCUT2D eigenvalue weighted by Crippen LogP contribution is -2.26. The molecule has 0 atom stereocenters. The van der Waals surface area contributed by atoms with Gasteiger partial charge in [-0.1, -0.05) is 32.4 Å². The molecule has 2 aromatic carbocycles. The van der Waals surface area contributed by atoms with Crippen LogP contribution in [-0.2, 0) is 10.0 Å². The largest absolute Gasteiger partial charge is 0.497 e. The van der Waals surface area contributed by atoms with Gasteiger partial charge in [-0.25, -0.2) is 8.42 Å². The fourth-order valence-corrected chi connectivity index (χ4v) is 4.10. The summed E-state index contributed by atoms with van der Waals surface area (Å²) >= 11 is 6.17. The number of ether oxygens (including phenoxy) is 1. The predicted octanol–water partition coefficient (Wildman–Crippen LogP) is 4.79. The third-order valence-corrected chi connectivity index (χ3v) is 5.82. The minimum atomic E-state index is -3.89. The van der Waals surface area contributed by atoms with Crippen LogP contribution in [0.5, 0.6) is 5.75 Å². The zero-order valence-electron chi connectivity index (χ0n) is 16.0. The maximum atomic E-state index is 12.9. The summed E-state index contributed by atoms with van der Waals surface area (Å²) in [6, 6.07) is 10.9. The number of aromatic nitrogens is 1. The van der Waals surface area contributed by atoms with Gasteiger partial charge >= 0.3 is 0 Å². The number of carbonyl (C=O) groups excluding carboxylic acids is 1. The van der Waals surface area contributed by atoms with Crippen molar-refractivity contribution in [3.05, 3.63) is 53.7 Å². The second-order valence-electron chi connectivity index (χ2n) is 7.41. The van der Waals surface area contributed by atoms with Gasteiger partial charge in [-0.15, -0.1) is 0 Å². The number of rotatable bonds is 4. The van der Waals surface area contributed by atoms with Gasteiger partial charge in [0.25, 0.3) is 10.0 Å². The fraction of sp³-hybridized carbons (Fsp3) is 0.250. The molecule has 0 saturated carbocycles. The van der Waals surface area contributed by atoms with E-state index >= 15 is 0 Å². The number of carbonyl (C=O) groups is 1. The highest BCUT2D eigenvalue weighted by molar-refractivity contribution is 7.92. The van der Waals surface area contributed by atoms with Gasteiger partial charge < -0.3 is 4.74 Å². The average molecular weight is 421 g/mol. The Hall–Kier alpha value is -2.51. The minimum absolute atomic E-state index is 0.0710. The molecular formula is C20H21ClN2O4S. The lowest BCUT2D eigenvalue weighted by Gasteiger charge is -2.19. The van der Waals surface area contributed by atoms with Crippen molar-refractivity contribution in [3.8, 4) is 5.75 Å². The highest BCUT2D eigenvalue weighted by Crippen LogP contribution is 2.32. The summed E-state index contributed by atoms with van der Waals surface area (Å²) in [5, 5.41) is 1.03. The topological polar surface area (TPSA) is 77.4 Å². The molecule has 148 valence electrons. The van der Waals surface area contributed by atoms with Crippen molar-refractivity contribution in [1.29, 1.82) is 0 Å². The minimum Gasteiger partial charge on any atom is -0.497 e. The Bertz CT molecular complexity index is 1140. The molecule has 0 fully saturated rings. The molecule has 6 nitrogen and oxygen atoms in total. The molecular weight excluding hydrogens is 400 g/mol. The Morgan fingerprint density at radius 2 is 1.75 bits per heavy atom. The van der Waals surface area contributed by atoms with E-state index in [1.54, 1.807) is 51.2 Å². The molecule has 3 rings (SSSR count). The lowest BCUT2D eigenvalue weighted by molar-refractivity contribution is 0.0773. The molecule has 0 aliphatic heterocycles. The predicted molar refractivity (Wildman–Crippen MR) is 111 cm³/mol. The first-order valence-corrected chi connectivity index (χ1v) is 10.4. The van der Waals surface area contributed by atoms with E-state index in [2.05, 4.69) is 4.72 Å². The molecule has 1 aromatic heterocycles. The van der Waals surface area contributed by atoms with E-state index in [0.29, 0.717) is 21.7 Å². The van der Waals surface area contributed by atoms with Crippen molar-refractivity contribution in [2.75, 3.05) is 11.8 Å². The number of nitrogens with zero attached hydrogens (tertiary/aromatic N) is 1. The second kappa shape index (κ2) is 7.14. The summed E-state index contributed by atoms with van der Waals surface area (Å²) in [5.74, 6) is 0.392. The molecule has 0 radical (unpaired) electrons. The molecule has 0 spiro atoms. The molecule has 0 amide bonds. The van der Waals surface area contributed by atoms with E-state index in [4.69, 9.17) is 16.3 Å². The third-order valence-electron chi connectivity index (χ3n) is 4.22. The second-order valence-corrected chi connectivity index (χ2v) is 9.53. The number of nitrogens with one attached hydrogen (secondary N) is 1. The molecule has 0 saturated heterocycles. The maximum absolute atomic E-state index is 12.9. The van der Waals surface area contributed by atoms with Crippen molar-refractivity contribution >= 4 is 44.1 Å². The molecule has 28 heavy (non-hydrogen) atoms. The molecule has 0 unspecified atom stereocenters. The fourth-order valence-electron chi connectivity index (χ4n) is 2.81. The molecule has 8 heteroatoms. The van der Waals surface area contributed by atoms with Crippen LogP contribution in [0.25, 0.3) is 10.9 Å². The summed E-state index contributed by atoms with van der Waals surface area (Å²) in [6.45, 7) is 5.41. The van der Waals surface area contributed by atoms with Gasteiger partial charge in [-0.2, -0.15) is 0 Å². The monoisotopic (exact) mass is 420 g/mol. The third kappa shape index (κ3) is 3.86. The van der Waals surface area contributed by atoms with E-state index in [1.165, 1.54) is 29.9 Å². The summed E-state index contributed by atoms with van der Waals surface area (Å²) in [5.41, 5.74) is 0.0554. The van der Waals surface area contributed by atoms with Crippen LogP contribution in [0.1, 0.15) is 25.6 Å². The molecule has 0 aliphatic carbocycles. The van der Waals surface area contributed by atoms with Crippen LogP contribution in [0, 0.1) is 5.41 Å². The van der Waals surface area contributed by atoms with Crippen molar-refractivity contribution in [3.63, 3.8) is 0 Å². The highest BCUT2D eigenvalue weighted by Gasteiger charge is 2.26. The molecule has 3 aromatic rings. The summed E-state index contributed by atoms with van der Waals surface area (Å²) < 4.78 is 34.8. The highest BCUT2D eigenvalue weighted by atomic mass is 35.5. The van der Waals surface area contributed by atoms with Crippen LogP contribution >= 0.6 is 11.6 Å². The number of methoxy groups -OCH3 is 1. The first-order chi connectivity index (χ1) is 13.0. The Kier molecular flexibility index (Phi) is 5.16. The molecule has 1 N–H and O–H groups in total. The summed E-state index contributed by atoms with van der Waals surface area (Å²) in [6.07, 6.45) is 1.62. The van der Waals surface area contributed by atoms with Gasteiger partial charge in [-0.05, 0) is 42.5 Å². The first kappa shape index (κ1) is 20.2. The normalized spacial score (nSPS) is 12.2. The van der Waals surface area contributed by atoms with Crippen LogP contribution in [0.3, 0.4) is 0 Å². The molecule has 0 aliphatic rings. The number of fused-ring (bicyclic) bond motifs is 1. The van der Waals surface area contributed by atoms with E-state index < -0.39 is 15.4 Å². The van der Waals surface area contributed by atoms with Crippen LogP contribution in [-0.4, -0.2) is 26.0 Å². The van der Waals surface area contributed by atoms with E-state index in [0.717, 1.165) is 0 Å². The van der Waals surface area contributed by atoms with Crippen molar-refractivity contribution < 1.29 is 17.9 Å². The lowest BCUT2D eigenvalue weighted by atomic mass is 9.95. The number of anilines is 1. The Balaban J connectivity index is 2.11. The SMILES string of the molecule is COc1ccc(S(=O)(=O)Nc2cc(Cl)cc3ccn(C(=O)C(C)(C)C)c23)cc1. The van der Waals surface area contributed by atoms with Crippen LogP contribution < -0.4 is 9.46 Å². The number of benzene rings is 2. The smallest absolute Gasteiger partial charge is 0.261 e. The Morgan fingerprint density at radius 1 is 1.11 bits per heavy atom. The Labute approximate surface area is 169 Å². The number of hydrogen-bond donors (Lipinski definition) is 1. The van der Waals surface area contributed by atoms with E-state index in [9.17, 15) is 13.2 Å². The first-order valence-electron chi connectivity index (χ1n) is 8.55. The van der Waals surface area contributed by atoms with Gasteiger partial charge in [0.05, 0.1) is 23.2 Å². The van der Waals surface area contributed by atoms with Gasteiger partial charge in [0, 0.05) is 22.0 Å². The standard InChI is InChI=1S/C20H21ClN2O4S/c1-20(2,3)19(24)23-10-9-13-11-14(21)12-17(18(13)23)22-28(25,26)16-7-5-15(27-4)6-8-16/h5-12,22H,1-4H3. The van der Waals surface area contributed by atoms with Crippen LogP contribution in [0.2, 0.25) is 5.02 Å². The molecule has 1 heterocycles. The van der Waals surface area contributed by atoms with E-state index in [1.807, 2.05) is 0 Å². The number of sulfonamides is 1. The van der Waals surface area contributed by atoms with Crippen LogP contribution in [0.15, 0.2) is 53.6 Å². The van der Waals surface area contributed by atoms with Gasteiger partial charge in [0.2, 0.25) is 5.91 Å². The van der Waals surface area contributed by atoms with Crippen LogP contribution in [0.4, 0.5) is 5.69 Å². The number of hydrogen-bond acceptors (Lipinski definition) is 4. The Morgan fingerprint density at radius 3 is 2.32 bits per heavy atom. The summed E-state index contributed by atoms with van der Waals surface area (Å²) in [4.78, 5) is 12.9.